The van der Waals surface area contributed by atoms with Gasteiger partial charge in [0.25, 0.3) is 0 Å². The minimum absolute atomic E-state index is 0.694. The average molecular weight is 352 g/mol. The van der Waals surface area contributed by atoms with Crippen LogP contribution in [0.1, 0.15) is 5.56 Å². The molecule has 1 aromatic heterocycles. The van der Waals surface area contributed by atoms with Gasteiger partial charge in [-0.1, -0.05) is 0 Å². The van der Waals surface area contributed by atoms with Crippen molar-refractivity contribution in [2.75, 3.05) is 39.8 Å². The minimum Gasteiger partial charge on any atom is -0.494 e. The molecular weight excluding hydrogens is 328 g/mol. The van der Waals surface area contributed by atoms with Gasteiger partial charge in [0.2, 0.25) is 0 Å². The molecule has 1 saturated heterocycles. The summed E-state index contributed by atoms with van der Waals surface area (Å²) in [6.45, 7) is 5.68. The Hall–Kier alpha value is -2.80. The highest BCUT2D eigenvalue weighted by molar-refractivity contribution is 5.81. The number of benzene rings is 1. The highest BCUT2D eigenvalue weighted by Crippen LogP contribution is 2.24. The quantitative estimate of drug-likeness (QED) is 0.740. The number of methoxy groups -OCH3 is 1. The first-order valence-corrected chi connectivity index (χ1v) is 8.96. The summed E-state index contributed by atoms with van der Waals surface area (Å²) in [7, 11) is 1.67. The van der Waals surface area contributed by atoms with Gasteiger partial charge in [0.15, 0.2) is 0 Å². The molecule has 0 amide bonds. The van der Waals surface area contributed by atoms with Crippen LogP contribution in [-0.4, -0.2) is 54.7 Å². The molecule has 0 atom stereocenters. The second-order valence-corrected chi connectivity index (χ2v) is 6.37. The zero-order valence-electron chi connectivity index (χ0n) is 15.0. The van der Waals surface area contributed by atoms with E-state index in [4.69, 9.17) is 4.74 Å². The largest absolute Gasteiger partial charge is 0.494 e. The molecule has 2 aliphatic heterocycles. The number of hydrogen-bond donors (Lipinski definition) is 3. The maximum Gasteiger partial charge on any atom is 0.147 e. The van der Waals surface area contributed by atoms with Crippen LogP contribution in [0, 0.1) is 0 Å². The van der Waals surface area contributed by atoms with Gasteiger partial charge in [0, 0.05) is 57.9 Å². The number of nitrogens with one attached hydrogen (secondary N) is 3. The molecule has 0 spiro atoms. The lowest BCUT2D eigenvalue weighted by Crippen LogP contribution is -2.45. The van der Waals surface area contributed by atoms with Crippen molar-refractivity contribution in [3.63, 3.8) is 0 Å². The maximum absolute atomic E-state index is 5.49. The van der Waals surface area contributed by atoms with Gasteiger partial charge in [-0.25, -0.2) is 4.98 Å². The molecule has 3 heterocycles. The molecule has 0 radical (unpaired) electrons. The van der Waals surface area contributed by atoms with Crippen LogP contribution in [0.2, 0.25) is 0 Å². The normalized spacial score (nSPS) is 17.3. The SMILES string of the molecule is COc1cc(CNC2=CNCC=C2N2CCNCC2)cc2nccnc12. The van der Waals surface area contributed by atoms with Gasteiger partial charge in [0.05, 0.1) is 24.0 Å². The number of piperazine rings is 1. The average Bonchev–Trinajstić information content (AvgIpc) is 2.72. The third-order valence-corrected chi connectivity index (χ3v) is 4.69. The molecule has 0 aliphatic carbocycles. The van der Waals surface area contributed by atoms with Gasteiger partial charge < -0.3 is 25.6 Å². The Labute approximate surface area is 153 Å². The van der Waals surface area contributed by atoms with Crippen molar-refractivity contribution in [1.82, 2.24) is 30.8 Å². The maximum atomic E-state index is 5.49. The molecule has 2 aromatic rings. The lowest BCUT2D eigenvalue weighted by atomic mass is 10.1. The summed E-state index contributed by atoms with van der Waals surface area (Å²) in [5.74, 6) is 0.751. The van der Waals surface area contributed by atoms with Crippen molar-refractivity contribution in [2.45, 2.75) is 6.54 Å². The molecule has 26 heavy (non-hydrogen) atoms. The summed E-state index contributed by atoms with van der Waals surface area (Å²) in [6, 6.07) is 4.08. The van der Waals surface area contributed by atoms with E-state index in [1.165, 1.54) is 5.70 Å². The van der Waals surface area contributed by atoms with Crippen LogP contribution in [0.5, 0.6) is 5.75 Å². The minimum atomic E-state index is 0.694. The predicted molar refractivity (Wildman–Crippen MR) is 102 cm³/mol. The van der Waals surface area contributed by atoms with E-state index < -0.39 is 0 Å². The summed E-state index contributed by atoms with van der Waals surface area (Å²) >= 11 is 0. The number of dihydropyridines is 1. The molecule has 7 heteroatoms. The van der Waals surface area contributed by atoms with Gasteiger partial charge in [-0.3, -0.25) is 4.98 Å². The molecular formula is C19H24N6O. The first kappa shape index (κ1) is 16.7. The van der Waals surface area contributed by atoms with Crippen LogP contribution < -0.4 is 20.7 Å². The number of fused-ring (bicyclic) bond motifs is 1. The van der Waals surface area contributed by atoms with Crippen molar-refractivity contribution in [3.05, 3.63) is 53.8 Å². The fraction of sp³-hybridized carbons (Fsp3) is 0.368. The summed E-state index contributed by atoms with van der Waals surface area (Å²) in [5, 5.41) is 10.3. The lowest BCUT2D eigenvalue weighted by Gasteiger charge is -2.34. The standard InChI is InChI=1S/C19H24N6O/c1-26-18-11-14(10-15-19(18)23-5-4-22-15)12-24-16-13-21-3-2-17(16)25-8-6-20-7-9-25/h2,4-5,10-11,13,20-21,24H,3,6-9,12H2,1H3. The highest BCUT2D eigenvalue weighted by atomic mass is 16.5. The van der Waals surface area contributed by atoms with Crippen molar-refractivity contribution < 1.29 is 4.74 Å². The Bertz CT molecular complexity index is 841. The van der Waals surface area contributed by atoms with E-state index in [-0.39, 0.29) is 0 Å². The first-order chi connectivity index (χ1) is 12.8. The Morgan fingerprint density at radius 1 is 1.19 bits per heavy atom. The van der Waals surface area contributed by atoms with Crippen molar-refractivity contribution >= 4 is 11.0 Å². The summed E-state index contributed by atoms with van der Waals surface area (Å²) in [5.41, 5.74) is 5.14. The van der Waals surface area contributed by atoms with Gasteiger partial charge in [-0.15, -0.1) is 0 Å². The van der Waals surface area contributed by atoms with Gasteiger partial charge in [-0.2, -0.15) is 0 Å². The van der Waals surface area contributed by atoms with Gasteiger partial charge in [0.1, 0.15) is 11.3 Å². The van der Waals surface area contributed by atoms with Crippen LogP contribution in [0.3, 0.4) is 0 Å². The monoisotopic (exact) mass is 352 g/mol. The fourth-order valence-electron chi connectivity index (χ4n) is 3.40. The molecule has 3 N–H and O–H groups in total. The Morgan fingerprint density at radius 2 is 2.04 bits per heavy atom. The number of nitrogens with zero attached hydrogens (tertiary/aromatic N) is 3. The van der Waals surface area contributed by atoms with E-state index in [1.54, 1.807) is 19.5 Å². The Balaban J connectivity index is 1.51. The summed E-state index contributed by atoms with van der Waals surface area (Å²) in [6.07, 6.45) is 7.71. The van der Waals surface area contributed by atoms with Gasteiger partial charge in [-0.05, 0) is 23.8 Å². The highest BCUT2D eigenvalue weighted by Gasteiger charge is 2.18. The van der Waals surface area contributed by atoms with E-state index in [1.807, 2.05) is 6.07 Å². The molecule has 1 fully saturated rings. The number of ether oxygens (including phenoxy) is 1. The van der Waals surface area contributed by atoms with Crippen molar-refractivity contribution in [1.29, 1.82) is 0 Å². The van der Waals surface area contributed by atoms with Crippen molar-refractivity contribution in [3.8, 4) is 5.75 Å². The zero-order valence-corrected chi connectivity index (χ0v) is 15.0. The van der Waals surface area contributed by atoms with E-state index in [2.05, 4.69) is 49.2 Å². The Kier molecular flexibility index (Phi) is 4.88. The molecule has 0 unspecified atom stereocenters. The second-order valence-electron chi connectivity index (χ2n) is 6.37. The van der Waals surface area contributed by atoms with Crippen LogP contribution in [0.25, 0.3) is 11.0 Å². The number of hydrogen-bond acceptors (Lipinski definition) is 7. The topological polar surface area (TPSA) is 74.3 Å². The smallest absolute Gasteiger partial charge is 0.147 e. The van der Waals surface area contributed by atoms with Crippen molar-refractivity contribution in [2.24, 2.45) is 0 Å². The van der Waals surface area contributed by atoms with Crippen LogP contribution >= 0.6 is 0 Å². The molecule has 2 aliphatic rings. The van der Waals surface area contributed by atoms with E-state index >= 15 is 0 Å². The van der Waals surface area contributed by atoms with E-state index in [9.17, 15) is 0 Å². The molecule has 7 nitrogen and oxygen atoms in total. The van der Waals surface area contributed by atoms with E-state index in [0.29, 0.717) is 6.54 Å². The van der Waals surface area contributed by atoms with Crippen LogP contribution in [0.15, 0.2) is 48.2 Å². The van der Waals surface area contributed by atoms with E-state index in [0.717, 1.165) is 60.8 Å². The Morgan fingerprint density at radius 3 is 2.88 bits per heavy atom. The summed E-state index contributed by atoms with van der Waals surface area (Å²) in [4.78, 5) is 11.2. The third-order valence-electron chi connectivity index (χ3n) is 4.69. The summed E-state index contributed by atoms with van der Waals surface area (Å²) < 4.78 is 5.49. The molecule has 4 rings (SSSR count). The molecule has 1 aromatic carbocycles. The third kappa shape index (κ3) is 3.43. The molecule has 0 saturated carbocycles. The first-order valence-electron chi connectivity index (χ1n) is 8.96. The molecule has 136 valence electrons. The van der Waals surface area contributed by atoms with Crippen LogP contribution in [0.4, 0.5) is 0 Å². The van der Waals surface area contributed by atoms with Crippen LogP contribution in [-0.2, 0) is 6.54 Å². The lowest BCUT2D eigenvalue weighted by molar-refractivity contribution is 0.298. The van der Waals surface area contributed by atoms with Gasteiger partial charge >= 0.3 is 0 Å². The predicted octanol–water partition coefficient (Wildman–Crippen LogP) is 0.962. The fourth-order valence-corrected chi connectivity index (χ4v) is 3.40. The number of aromatic nitrogens is 2. The number of rotatable bonds is 5. The second kappa shape index (κ2) is 7.61. The molecule has 0 bridgehead atoms. The zero-order chi connectivity index (χ0) is 17.8.